The van der Waals surface area contributed by atoms with Gasteiger partial charge in [-0.1, -0.05) is 0 Å². The lowest BCUT2D eigenvalue weighted by atomic mass is 10.4. The van der Waals surface area contributed by atoms with Crippen molar-refractivity contribution in [3.8, 4) is 6.19 Å². The van der Waals surface area contributed by atoms with Gasteiger partial charge >= 0.3 is 0 Å². The zero-order valence-corrected chi connectivity index (χ0v) is 10.5. The topological polar surface area (TPSA) is 72.1 Å². The molecule has 0 aromatic carbocycles. The monoisotopic (exact) mass is 235 g/mol. The molecule has 0 spiro atoms. The van der Waals surface area contributed by atoms with Crippen LogP contribution in [0.4, 0.5) is 0 Å². The van der Waals surface area contributed by atoms with Crippen LogP contribution in [0.2, 0.25) is 0 Å². The predicted molar refractivity (Wildman–Crippen MR) is 65.7 cm³/mol. The largest absolute Gasteiger partial charge is 0.366 e. The molecule has 0 saturated carbocycles. The molecule has 1 rings (SSSR count). The Morgan fingerprint density at radius 3 is 2.88 bits per heavy atom. The van der Waals surface area contributed by atoms with Crippen LogP contribution in [-0.2, 0) is 4.79 Å². The quantitative estimate of drug-likeness (QED) is 0.396. The van der Waals surface area contributed by atoms with Crippen molar-refractivity contribution in [2.45, 2.75) is 19.8 Å². The Balaban J connectivity index is 2.61. The minimum Gasteiger partial charge on any atom is -0.366 e. The van der Waals surface area contributed by atoms with E-state index in [-0.39, 0.29) is 12.5 Å². The van der Waals surface area contributed by atoms with Gasteiger partial charge in [-0.25, -0.2) is 0 Å². The van der Waals surface area contributed by atoms with E-state index in [0.29, 0.717) is 11.7 Å². The van der Waals surface area contributed by atoms with Crippen molar-refractivity contribution in [1.29, 1.82) is 5.26 Å². The second-order valence-corrected chi connectivity index (χ2v) is 4.10. The maximum Gasteiger partial charge on any atom is 0.266 e. The van der Waals surface area contributed by atoms with E-state index in [0.717, 1.165) is 19.4 Å². The van der Waals surface area contributed by atoms with E-state index in [9.17, 15) is 4.79 Å². The highest BCUT2D eigenvalue weighted by Gasteiger charge is 2.20. The average molecular weight is 235 g/mol. The first kappa shape index (κ1) is 13.2. The molecule has 1 aliphatic heterocycles. The van der Waals surface area contributed by atoms with Crippen LogP contribution in [0.1, 0.15) is 19.8 Å². The van der Waals surface area contributed by atoms with Gasteiger partial charge in [-0.15, -0.1) is 0 Å². The van der Waals surface area contributed by atoms with Crippen molar-refractivity contribution >= 4 is 17.6 Å². The second kappa shape index (κ2) is 5.99. The zero-order valence-electron chi connectivity index (χ0n) is 10.5. The van der Waals surface area contributed by atoms with E-state index in [2.05, 4.69) is 9.98 Å². The molecular formula is C11H17N5O. The van der Waals surface area contributed by atoms with Gasteiger partial charge in [0, 0.05) is 27.1 Å². The molecule has 0 aromatic heterocycles. The van der Waals surface area contributed by atoms with E-state index in [1.54, 1.807) is 18.0 Å². The smallest absolute Gasteiger partial charge is 0.266 e. The van der Waals surface area contributed by atoms with E-state index in [4.69, 9.17) is 5.26 Å². The Morgan fingerprint density at radius 1 is 1.59 bits per heavy atom. The Hall–Kier alpha value is -1.90. The van der Waals surface area contributed by atoms with Gasteiger partial charge in [0.15, 0.2) is 0 Å². The fourth-order valence-corrected chi connectivity index (χ4v) is 1.55. The van der Waals surface area contributed by atoms with E-state index >= 15 is 0 Å². The molecule has 1 heterocycles. The summed E-state index contributed by atoms with van der Waals surface area (Å²) < 4.78 is 0. The van der Waals surface area contributed by atoms with Gasteiger partial charge in [-0.2, -0.15) is 15.2 Å². The van der Waals surface area contributed by atoms with Crippen molar-refractivity contribution in [2.75, 3.05) is 27.2 Å². The van der Waals surface area contributed by atoms with E-state index in [1.165, 1.54) is 0 Å². The van der Waals surface area contributed by atoms with Crippen LogP contribution in [0.3, 0.4) is 0 Å². The van der Waals surface area contributed by atoms with E-state index in [1.807, 2.05) is 19.0 Å². The van der Waals surface area contributed by atoms with Crippen LogP contribution in [0, 0.1) is 11.5 Å². The number of amidine groups is 2. The Labute approximate surface area is 101 Å². The second-order valence-electron chi connectivity index (χ2n) is 4.10. The summed E-state index contributed by atoms with van der Waals surface area (Å²) in [5.74, 6) is 1.16. The zero-order chi connectivity index (χ0) is 12.8. The third-order valence-corrected chi connectivity index (χ3v) is 2.63. The van der Waals surface area contributed by atoms with Gasteiger partial charge in [0.25, 0.3) is 5.91 Å². The van der Waals surface area contributed by atoms with Crippen LogP contribution in [-0.4, -0.2) is 54.6 Å². The van der Waals surface area contributed by atoms with Gasteiger partial charge < -0.3 is 9.80 Å². The highest BCUT2D eigenvalue weighted by atomic mass is 16.1. The van der Waals surface area contributed by atoms with Crippen molar-refractivity contribution in [2.24, 2.45) is 9.98 Å². The van der Waals surface area contributed by atoms with Crippen molar-refractivity contribution < 1.29 is 4.79 Å². The molecular weight excluding hydrogens is 218 g/mol. The molecule has 1 aliphatic rings. The van der Waals surface area contributed by atoms with Crippen LogP contribution >= 0.6 is 0 Å². The van der Waals surface area contributed by atoms with Crippen molar-refractivity contribution in [1.82, 2.24) is 9.80 Å². The first-order valence-corrected chi connectivity index (χ1v) is 5.50. The number of hydrogen-bond donors (Lipinski definition) is 0. The van der Waals surface area contributed by atoms with Gasteiger partial charge in [-0.3, -0.25) is 4.79 Å². The summed E-state index contributed by atoms with van der Waals surface area (Å²) in [4.78, 5) is 22.9. The van der Waals surface area contributed by atoms with Crippen LogP contribution in [0.15, 0.2) is 9.98 Å². The third-order valence-electron chi connectivity index (χ3n) is 2.63. The maximum absolute atomic E-state index is 11.7. The molecule has 92 valence electrons. The Bertz CT molecular complexity index is 391. The lowest BCUT2D eigenvalue weighted by Crippen LogP contribution is -2.31. The van der Waals surface area contributed by atoms with Gasteiger partial charge in [0.1, 0.15) is 18.2 Å². The standard InChI is InChI=1S/C11H17N5O/c1-9(15(2)3)14-11(17)7-16-6-4-5-10(16)13-8-12/h4-7H2,1-3H3. The summed E-state index contributed by atoms with van der Waals surface area (Å²) >= 11 is 0. The molecule has 1 saturated heterocycles. The summed E-state index contributed by atoms with van der Waals surface area (Å²) in [5, 5.41) is 8.51. The predicted octanol–water partition coefficient (Wildman–Crippen LogP) is 0.468. The molecule has 0 unspecified atom stereocenters. The molecule has 0 aromatic rings. The fourth-order valence-electron chi connectivity index (χ4n) is 1.55. The summed E-state index contributed by atoms with van der Waals surface area (Å²) in [6.45, 7) is 2.75. The summed E-state index contributed by atoms with van der Waals surface area (Å²) in [5.41, 5.74) is 0. The summed E-state index contributed by atoms with van der Waals surface area (Å²) in [7, 11) is 3.68. The molecule has 6 nitrogen and oxygen atoms in total. The molecule has 0 aliphatic carbocycles. The Kier molecular flexibility index (Phi) is 4.64. The summed E-state index contributed by atoms with van der Waals surface area (Å²) in [6.07, 6.45) is 3.46. The van der Waals surface area contributed by atoms with Gasteiger partial charge in [0.2, 0.25) is 6.19 Å². The molecule has 17 heavy (non-hydrogen) atoms. The highest BCUT2D eigenvalue weighted by Crippen LogP contribution is 2.11. The van der Waals surface area contributed by atoms with Crippen LogP contribution < -0.4 is 0 Å². The number of nitriles is 1. The molecule has 1 fully saturated rings. The van der Waals surface area contributed by atoms with Crippen molar-refractivity contribution in [3.05, 3.63) is 0 Å². The number of rotatable bonds is 2. The first-order valence-electron chi connectivity index (χ1n) is 5.50. The number of aliphatic imine (C=N–C) groups is 2. The molecule has 0 N–H and O–H groups in total. The lowest BCUT2D eigenvalue weighted by Gasteiger charge is -2.16. The maximum atomic E-state index is 11.7. The SMILES string of the molecule is CC(=NC(=O)CN1CCCC1=NC#N)N(C)C. The van der Waals surface area contributed by atoms with Gasteiger partial charge in [-0.05, 0) is 13.3 Å². The first-order chi connectivity index (χ1) is 8.04. The minimum atomic E-state index is -0.205. The average Bonchev–Trinajstić information content (AvgIpc) is 2.66. The highest BCUT2D eigenvalue weighted by molar-refractivity contribution is 5.96. The normalized spacial score (nSPS) is 18.4. The fraction of sp³-hybridized carbons (Fsp3) is 0.636. The molecule has 6 heteroatoms. The molecule has 0 bridgehead atoms. The number of hydrogen-bond acceptors (Lipinski definition) is 3. The Morgan fingerprint density at radius 2 is 2.29 bits per heavy atom. The van der Waals surface area contributed by atoms with E-state index < -0.39 is 0 Å². The lowest BCUT2D eigenvalue weighted by molar-refractivity contribution is -0.118. The summed E-state index contributed by atoms with van der Waals surface area (Å²) in [6, 6.07) is 0. The number of carbonyl (C=O) groups excluding carboxylic acids is 1. The number of carbonyl (C=O) groups is 1. The van der Waals surface area contributed by atoms with Crippen LogP contribution in [0.5, 0.6) is 0 Å². The molecule has 0 radical (unpaired) electrons. The minimum absolute atomic E-state index is 0.200. The third kappa shape index (κ3) is 3.87. The van der Waals surface area contributed by atoms with Crippen molar-refractivity contribution in [3.63, 3.8) is 0 Å². The number of amides is 1. The molecule has 1 amide bonds. The number of likely N-dealkylation sites (tertiary alicyclic amines) is 1. The van der Waals surface area contributed by atoms with Gasteiger partial charge in [0.05, 0.1) is 0 Å². The van der Waals surface area contributed by atoms with Crippen LogP contribution in [0.25, 0.3) is 0 Å². The molecule has 0 atom stereocenters. The number of nitrogens with zero attached hydrogens (tertiary/aromatic N) is 5.